The molecule has 2 aromatic carbocycles. The minimum Gasteiger partial charge on any atom is -0.478 e. The highest BCUT2D eigenvalue weighted by Crippen LogP contribution is 2.43. The van der Waals surface area contributed by atoms with E-state index in [-0.39, 0.29) is 22.9 Å². The Hall–Kier alpha value is -4.66. The summed E-state index contributed by atoms with van der Waals surface area (Å²) < 4.78 is 41.0. The summed E-state index contributed by atoms with van der Waals surface area (Å²) in [5, 5.41) is 32.5. The first-order chi connectivity index (χ1) is 16.0. The van der Waals surface area contributed by atoms with Crippen LogP contribution in [0.25, 0.3) is 0 Å². The lowest BCUT2D eigenvalue weighted by Gasteiger charge is -2.35. The fourth-order valence-electron chi connectivity index (χ4n) is 3.77. The quantitative estimate of drug-likeness (QED) is 0.587. The van der Waals surface area contributed by atoms with Crippen molar-refractivity contribution < 1.29 is 33.0 Å². The first-order valence-electron chi connectivity index (χ1n) is 9.64. The molecular formula is C22H14F3N5O4. The number of halogens is 3. The maximum atomic E-state index is 13.3. The molecule has 172 valence electrons. The van der Waals surface area contributed by atoms with Crippen LogP contribution in [-0.2, 0) is 11.0 Å². The molecule has 1 atom stereocenters. The van der Waals surface area contributed by atoms with Crippen molar-refractivity contribution in [1.29, 1.82) is 5.26 Å². The molecule has 0 aliphatic carbocycles. The van der Waals surface area contributed by atoms with Crippen LogP contribution in [-0.4, -0.2) is 36.9 Å². The lowest BCUT2D eigenvalue weighted by molar-refractivity contribution is -0.137. The zero-order valence-electron chi connectivity index (χ0n) is 17.3. The number of nitrogens with zero attached hydrogens (tertiary/aromatic N) is 5. The van der Waals surface area contributed by atoms with Gasteiger partial charge in [-0.3, -0.25) is 4.90 Å². The Balaban J connectivity index is 2.00. The average molecular weight is 469 g/mol. The van der Waals surface area contributed by atoms with Crippen LogP contribution in [0.4, 0.5) is 24.8 Å². The monoisotopic (exact) mass is 469 g/mol. The Morgan fingerprint density at radius 1 is 1.09 bits per heavy atom. The topological polar surface area (TPSA) is 132 Å². The molecule has 0 saturated carbocycles. The summed E-state index contributed by atoms with van der Waals surface area (Å²) in [6.45, 7) is 1.39. The number of aromatic carboxylic acids is 1. The molecule has 0 radical (unpaired) electrons. The molecule has 1 aliphatic rings. The molecule has 1 unspecified atom stereocenters. The van der Waals surface area contributed by atoms with Gasteiger partial charge in [0, 0.05) is 11.4 Å². The van der Waals surface area contributed by atoms with E-state index in [0.717, 1.165) is 27.8 Å². The molecule has 0 bridgehead atoms. The number of aliphatic carboxylic acids is 1. The second-order valence-corrected chi connectivity index (χ2v) is 7.31. The summed E-state index contributed by atoms with van der Waals surface area (Å²) >= 11 is 0. The molecule has 0 amide bonds. The second kappa shape index (κ2) is 8.04. The van der Waals surface area contributed by atoms with Gasteiger partial charge in [0.25, 0.3) is 5.82 Å². The van der Waals surface area contributed by atoms with E-state index in [2.05, 4.69) is 10.1 Å². The number of carbonyl (C=O) groups is 2. The second-order valence-electron chi connectivity index (χ2n) is 7.31. The Kier molecular flexibility index (Phi) is 5.33. The predicted octanol–water partition coefficient (Wildman–Crippen LogP) is 3.97. The number of anilines is 2. The van der Waals surface area contributed by atoms with Crippen molar-refractivity contribution in [2.24, 2.45) is 0 Å². The molecule has 1 aliphatic heterocycles. The third-order valence-corrected chi connectivity index (χ3v) is 5.27. The van der Waals surface area contributed by atoms with Gasteiger partial charge in [-0.05, 0) is 42.8 Å². The summed E-state index contributed by atoms with van der Waals surface area (Å²) in [5.41, 5.74) is -0.604. The van der Waals surface area contributed by atoms with Crippen LogP contribution in [0.15, 0.2) is 59.8 Å². The minimum absolute atomic E-state index is 0.0259. The Labute approximate surface area is 189 Å². The average Bonchev–Trinajstić information content (AvgIpc) is 3.22. The lowest BCUT2D eigenvalue weighted by Crippen LogP contribution is -2.34. The van der Waals surface area contributed by atoms with Crippen LogP contribution in [0.5, 0.6) is 0 Å². The first-order valence-corrected chi connectivity index (χ1v) is 9.64. The summed E-state index contributed by atoms with van der Waals surface area (Å²) in [5.74, 6) is -3.72. The van der Waals surface area contributed by atoms with Crippen molar-refractivity contribution in [3.8, 4) is 6.07 Å². The number of benzene rings is 2. The van der Waals surface area contributed by atoms with Crippen molar-refractivity contribution >= 4 is 23.6 Å². The smallest absolute Gasteiger partial charge is 0.416 e. The number of carboxylic acids is 2. The lowest BCUT2D eigenvalue weighted by atomic mass is 9.94. The minimum atomic E-state index is -4.66. The Bertz CT molecular complexity index is 1390. The number of aromatic nitrogens is 3. The standard InChI is InChI=1S/C22H14F3N5O4/c1-11-16(19(31)32)17(13-7-5-12(10-26)6-8-13)30-21(27-18(28-30)20(33)34)29(11)15-4-2-3-14(9-15)22(23,24)25/h2-9,17H,1H3,(H,31,32)(H,33,34). The number of hydrogen-bond donors (Lipinski definition) is 2. The summed E-state index contributed by atoms with van der Waals surface area (Å²) in [4.78, 5) is 29.0. The summed E-state index contributed by atoms with van der Waals surface area (Å²) in [7, 11) is 0. The van der Waals surface area contributed by atoms with Gasteiger partial charge in [0.2, 0.25) is 5.95 Å². The number of nitriles is 1. The third-order valence-electron chi connectivity index (χ3n) is 5.27. The van der Waals surface area contributed by atoms with Crippen LogP contribution in [0.3, 0.4) is 0 Å². The highest BCUT2D eigenvalue weighted by Gasteiger charge is 2.40. The van der Waals surface area contributed by atoms with Crippen LogP contribution in [0.2, 0.25) is 0 Å². The molecule has 0 spiro atoms. The zero-order valence-corrected chi connectivity index (χ0v) is 17.3. The van der Waals surface area contributed by atoms with Gasteiger partial charge in [-0.1, -0.05) is 18.2 Å². The molecule has 2 N–H and O–H groups in total. The molecule has 9 nitrogen and oxygen atoms in total. The highest BCUT2D eigenvalue weighted by atomic mass is 19.4. The van der Waals surface area contributed by atoms with Gasteiger partial charge >= 0.3 is 18.1 Å². The molecule has 34 heavy (non-hydrogen) atoms. The number of hydrogen-bond acceptors (Lipinski definition) is 6. The summed E-state index contributed by atoms with van der Waals surface area (Å²) in [6, 6.07) is 10.8. The third kappa shape index (κ3) is 3.73. The molecular weight excluding hydrogens is 455 g/mol. The highest BCUT2D eigenvalue weighted by molar-refractivity contribution is 5.92. The van der Waals surface area contributed by atoms with Gasteiger partial charge in [-0.15, -0.1) is 5.10 Å². The number of allylic oxidation sites excluding steroid dienone is 1. The van der Waals surface area contributed by atoms with Crippen molar-refractivity contribution in [1.82, 2.24) is 14.8 Å². The van der Waals surface area contributed by atoms with Crippen LogP contribution in [0, 0.1) is 11.3 Å². The fourth-order valence-corrected chi connectivity index (χ4v) is 3.77. The van der Waals surface area contributed by atoms with E-state index in [9.17, 15) is 33.0 Å². The molecule has 0 fully saturated rings. The van der Waals surface area contributed by atoms with Gasteiger partial charge in [0.1, 0.15) is 6.04 Å². The number of alkyl halides is 3. The Morgan fingerprint density at radius 2 is 1.76 bits per heavy atom. The first kappa shape index (κ1) is 22.5. The maximum Gasteiger partial charge on any atom is 0.416 e. The SMILES string of the molecule is CC1=C(C(=O)O)C(c2ccc(C#N)cc2)n2nc(C(=O)O)nc2N1c1cccc(C(F)(F)F)c1. The van der Waals surface area contributed by atoms with Gasteiger partial charge in [-0.2, -0.15) is 23.4 Å². The maximum absolute atomic E-state index is 13.3. The molecule has 1 aromatic heterocycles. The van der Waals surface area contributed by atoms with E-state index in [1.54, 1.807) is 0 Å². The fraction of sp³-hybridized carbons (Fsp3) is 0.136. The normalized spacial score (nSPS) is 15.6. The molecule has 4 rings (SSSR count). The van der Waals surface area contributed by atoms with Crippen molar-refractivity contribution in [3.63, 3.8) is 0 Å². The summed E-state index contributed by atoms with van der Waals surface area (Å²) in [6.07, 6.45) is -4.66. The van der Waals surface area contributed by atoms with E-state index >= 15 is 0 Å². The molecule has 12 heteroatoms. The van der Waals surface area contributed by atoms with E-state index in [1.165, 1.54) is 37.3 Å². The number of rotatable bonds is 4. The van der Waals surface area contributed by atoms with Gasteiger partial charge in [-0.25, -0.2) is 14.3 Å². The molecule has 0 saturated heterocycles. The van der Waals surface area contributed by atoms with Crippen molar-refractivity contribution in [2.45, 2.75) is 19.1 Å². The molecule has 2 heterocycles. The van der Waals surface area contributed by atoms with Crippen molar-refractivity contribution in [3.05, 3.63) is 82.3 Å². The molecule has 3 aromatic rings. The van der Waals surface area contributed by atoms with E-state index in [1.807, 2.05) is 6.07 Å². The van der Waals surface area contributed by atoms with Crippen LogP contribution >= 0.6 is 0 Å². The predicted molar refractivity (Wildman–Crippen MR) is 110 cm³/mol. The van der Waals surface area contributed by atoms with E-state index < -0.39 is 35.5 Å². The van der Waals surface area contributed by atoms with Gasteiger partial charge < -0.3 is 10.2 Å². The largest absolute Gasteiger partial charge is 0.478 e. The van der Waals surface area contributed by atoms with Crippen LogP contribution in [0.1, 0.15) is 40.3 Å². The van der Waals surface area contributed by atoms with E-state index in [4.69, 9.17) is 5.26 Å². The van der Waals surface area contributed by atoms with Crippen molar-refractivity contribution in [2.75, 3.05) is 4.90 Å². The van der Waals surface area contributed by atoms with E-state index in [0.29, 0.717) is 11.1 Å². The number of fused-ring (bicyclic) bond motifs is 1. The van der Waals surface area contributed by atoms with Gasteiger partial charge in [0.05, 0.1) is 22.8 Å². The Morgan fingerprint density at radius 3 is 2.32 bits per heavy atom. The van der Waals surface area contributed by atoms with Gasteiger partial charge in [0.15, 0.2) is 0 Å². The number of carboxylic acid groups (broad SMARTS) is 2. The zero-order chi connectivity index (χ0) is 24.8. The van der Waals surface area contributed by atoms with Crippen LogP contribution < -0.4 is 4.90 Å².